The molecule has 0 heterocycles. The molecular formula is C28H46N2O5Si. The third-order valence-electron chi connectivity index (χ3n) is 5.76. The molecule has 0 radical (unpaired) electrons. The average Bonchev–Trinajstić information content (AvgIpc) is 2.89. The molecule has 0 saturated carbocycles. The van der Waals surface area contributed by atoms with Crippen LogP contribution in [0.5, 0.6) is 0 Å². The lowest BCUT2D eigenvalue weighted by molar-refractivity contribution is -0.348. The Kier molecular flexibility index (Phi) is 13.5. The molecule has 0 aromatic heterocycles. The highest BCUT2D eigenvalue weighted by atomic mass is 28.4. The summed E-state index contributed by atoms with van der Waals surface area (Å²) in [5.41, 5.74) is 14.2. The van der Waals surface area contributed by atoms with Gasteiger partial charge in [-0.2, -0.15) is 0 Å². The Bertz CT molecular complexity index is 828. The second-order valence-electron chi connectivity index (χ2n) is 8.87. The maximum Gasteiger partial charge on any atom is 0.439 e. The SMILES string of the molecule is CCCOC(OCCC)(OCCC)[Si](CCc1ccc(N)cc1)(OCC)OCCc1ccc(N)cc1. The smallest absolute Gasteiger partial charge is 0.399 e. The van der Waals surface area contributed by atoms with Gasteiger partial charge in [-0.1, -0.05) is 45.0 Å². The Balaban J connectivity index is 2.43. The van der Waals surface area contributed by atoms with E-state index in [0.717, 1.165) is 54.6 Å². The van der Waals surface area contributed by atoms with Crippen molar-refractivity contribution in [3.63, 3.8) is 0 Å². The highest BCUT2D eigenvalue weighted by Crippen LogP contribution is 2.36. The van der Waals surface area contributed by atoms with Crippen LogP contribution in [0.3, 0.4) is 0 Å². The zero-order valence-electron chi connectivity index (χ0n) is 22.6. The van der Waals surface area contributed by atoms with Gasteiger partial charge in [-0.15, -0.1) is 0 Å². The number of rotatable bonds is 19. The number of aryl methyl sites for hydroxylation is 1. The van der Waals surface area contributed by atoms with E-state index in [1.807, 2.05) is 55.5 Å². The van der Waals surface area contributed by atoms with Gasteiger partial charge in [0.25, 0.3) is 0 Å². The lowest BCUT2D eigenvalue weighted by Crippen LogP contribution is -2.68. The molecule has 7 nitrogen and oxygen atoms in total. The summed E-state index contributed by atoms with van der Waals surface area (Å²) in [5, 5.41) is 0. The molecule has 0 spiro atoms. The molecule has 0 fully saturated rings. The van der Waals surface area contributed by atoms with Crippen LogP contribution in [-0.4, -0.2) is 47.2 Å². The quantitative estimate of drug-likeness (QED) is 0.142. The van der Waals surface area contributed by atoms with Gasteiger partial charge < -0.3 is 34.5 Å². The molecule has 202 valence electrons. The van der Waals surface area contributed by atoms with Crippen molar-refractivity contribution in [3.05, 3.63) is 59.7 Å². The minimum atomic E-state index is -3.27. The Morgan fingerprint density at radius 2 is 1.06 bits per heavy atom. The lowest BCUT2D eigenvalue weighted by atomic mass is 10.1. The fraction of sp³-hybridized carbons (Fsp3) is 0.571. The molecule has 0 bridgehead atoms. The Morgan fingerprint density at radius 1 is 0.611 bits per heavy atom. The molecule has 1 atom stereocenters. The van der Waals surface area contributed by atoms with E-state index in [9.17, 15) is 0 Å². The van der Waals surface area contributed by atoms with Crippen molar-refractivity contribution in [1.82, 2.24) is 0 Å². The summed E-state index contributed by atoms with van der Waals surface area (Å²) in [4.78, 5) is 0. The molecule has 0 aliphatic rings. The number of anilines is 2. The second-order valence-corrected chi connectivity index (χ2v) is 12.1. The van der Waals surface area contributed by atoms with Crippen LogP contribution in [0.15, 0.2) is 48.5 Å². The Labute approximate surface area is 218 Å². The third kappa shape index (κ3) is 8.87. The van der Waals surface area contributed by atoms with E-state index >= 15 is 0 Å². The molecular weight excluding hydrogens is 472 g/mol. The van der Waals surface area contributed by atoms with Crippen molar-refractivity contribution in [2.75, 3.05) is 44.5 Å². The van der Waals surface area contributed by atoms with E-state index in [-0.39, 0.29) is 0 Å². The van der Waals surface area contributed by atoms with Gasteiger partial charge in [0, 0.05) is 30.6 Å². The highest BCUT2D eigenvalue weighted by molar-refractivity contribution is 6.69. The summed E-state index contributed by atoms with van der Waals surface area (Å²) < 4.78 is 32.8. The van der Waals surface area contributed by atoms with Gasteiger partial charge in [-0.25, -0.2) is 0 Å². The standard InChI is InChI=1S/C28H46N2O5Si/c1-5-19-31-28(32-20-6-2,33-21-7-3)36(34-8-4,23-18-25-11-15-27(30)16-12-25)35-22-17-24-9-13-26(29)14-10-24/h9-16H,5-8,17-23,29-30H2,1-4H3. The Hall–Kier alpha value is -1.94. The monoisotopic (exact) mass is 518 g/mol. The van der Waals surface area contributed by atoms with Crippen LogP contribution >= 0.6 is 0 Å². The van der Waals surface area contributed by atoms with E-state index in [4.69, 9.17) is 34.5 Å². The molecule has 0 saturated heterocycles. The van der Waals surface area contributed by atoms with Crippen LogP contribution in [0, 0.1) is 0 Å². The van der Waals surface area contributed by atoms with Gasteiger partial charge in [-0.3, -0.25) is 0 Å². The van der Waals surface area contributed by atoms with Gasteiger partial charge in [0.2, 0.25) is 0 Å². The van der Waals surface area contributed by atoms with E-state index in [2.05, 4.69) is 20.8 Å². The van der Waals surface area contributed by atoms with Crippen LogP contribution in [0.4, 0.5) is 11.4 Å². The minimum absolute atomic E-state index is 0.458. The first kappa shape index (κ1) is 30.3. The number of benzene rings is 2. The molecule has 36 heavy (non-hydrogen) atoms. The van der Waals surface area contributed by atoms with Gasteiger partial charge >= 0.3 is 14.2 Å². The van der Waals surface area contributed by atoms with Crippen LogP contribution in [-0.2, 0) is 35.9 Å². The molecule has 8 heteroatoms. The van der Waals surface area contributed by atoms with Crippen molar-refractivity contribution >= 4 is 19.9 Å². The molecule has 2 rings (SSSR count). The zero-order chi connectivity index (χ0) is 26.3. The maximum absolute atomic E-state index is 6.79. The van der Waals surface area contributed by atoms with Crippen molar-refractivity contribution in [2.45, 2.75) is 71.4 Å². The Morgan fingerprint density at radius 3 is 1.47 bits per heavy atom. The van der Waals surface area contributed by atoms with E-state index < -0.39 is 14.2 Å². The first-order valence-electron chi connectivity index (χ1n) is 13.3. The average molecular weight is 519 g/mol. The normalized spacial score (nSPS) is 13.6. The summed E-state index contributed by atoms with van der Waals surface area (Å²) in [6.45, 7) is 10.6. The molecule has 2 aromatic carbocycles. The summed E-state index contributed by atoms with van der Waals surface area (Å²) in [6.07, 6.45) is 3.93. The van der Waals surface area contributed by atoms with Crippen LogP contribution in [0.2, 0.25) is 6.04 Å². The zero-order valence-corrected chi connectivity index (χ0v) is 23.6. The maximum atomic E-state index is 6.79. The first-order chi connectivity index (χ1) is 17.4. The van der Waals surface area contributed by atoms with Crippen LogP contribution < -0.4 is 11.5 Å². The molecule has 2 aromatic rings. The number of hydrogen-bond donors (Lipinski definition) is 2. The molecule has 0 aliphatic heterocycles. The van der Waals surface area contributed by atoms with E-state index in [1.54, 1.807) is 0 Å². The van der Waals surface area contributed by atoms with Crippen molar-refractivity contribution in [1.29, 1.82) is 0 Å². The van der Waals surface area contributed by atoms with Gasteiger partial charge in [0.05, 0.1) is 19.8 Å². The minimum Gasteiger partial charge on any atom is -0.399 e. The van der Waals surface area contributed by atoms with Crippen LogP contribution in [0.1, 0.15) is 58.1 Å². The lowest BCUT2D eigenvalue weighted by Gasteiger charge is -2.45. The number of ether oxygens (including phenoxy) is 3. The summed E-state index contributed by atoms with van der Waals surface area (Å²) in [7, 11) is -3.27. The van der Waals surface area contributed by atoms with Crippen molar-refractivity contribution in [2.24, 2.45) is 0 Å². The third-order valence-corrected chi connectivity index (χ3v) is 9.46. The van der Waals surface area contributed by atoms with Gasteiger partial charge in [0.15, 0.2) is 0 Å². The van der Waals surface area contributed by atoms with E-state index in [0.29, 0.717) is 39.1 Å². The number of nitrogens with two attached hydrogens (primary N) is 2. The summed E-state index contributed by atoms with van der Waals surface area (Å²) >= 11 is 0. The summed E-state index contributed by atoms with van der Waals surface area (Å²) in [5.74, 6) is 0. The molecule has 0 aliphatic carbocycles. The molecule has 4 N–H and O–H groups in total. The number of nitrogen functional groups attached to an aromatic ring is 2. The van der Waals surface area contributed by atoms with E-state index in [1.165, 1.54) is 0 Å². The highest BCUT2D eigenvalue weighted by Gasteiger charge is 2.62. The first-order valence-corrected chi connectivity index (χ1v) is 15.3. The van der Waals surface area contributed by atoms with Gasteiger partial charge in [-0.05, 0) is 74.4 Å². The van der Waals surface area contributed by atoms with Crippen molar-refractivity contribution < 1.29 is 23.1 Å². The van der Waals surface area contributed by atoms with Crippen molar-refractivity contribution in [3.8, 4) is 0 Å². The predicted octanol–water partition coefficient (Wildman–Crippen LogP) is 5.60. The number of hydrogen-bond acceptors (Lipinski definition) is 7. The van der Waals surface area contributed by atoms with Crippen LogP contribution in [0.25, 0.3) is 0 Å². The van der Waals surface area contributed by atoms with Gasteiger partial charge in [0.1, 0.15) is 0 Å². The predicted molar refractivity (Wildman–Crippen MR) is 149 cm³/mol. The molecule has 1 unspecified atom stereocenters. The second kappa shape index (κ2) is 16.0. The largest absolute Gasteiger partial charge is 0.439 e. The molecule has 0 amide bonds. The summed E-state index contributed by atoms with van der Waals surface area (Å²) in [6, 6.07) is 16.4. The fourth-order valence-corrected chi connectivity index (χ4v) is 7.44. The fourth-order valence-electron chi connectivity index (χ4n) is 3.92. The topological polar surface area (TPSA) is 98.2 Å².